The largest absolute Gasteiger partial charge is 0.369 e. The predicted molar refractivity (Wildman–Crippen MR) is 95.3 cm³/mol. The van der Waals surface area contributed by atoms with Crippen molar-refractivity contribution in [2.45, 2.75) is 12.3 Å². The lowest BCUT2D eigenvalue weighted by Gasteiger charge is -2.22. The van der Waals surface area contributed by atoms with Crippen LogP contribution in [0.15, 0.2) is 48.9 Å². The van der Waals surface area contributed by atoms with E-state index in [1.807, 2.05) is 30.6 Å². The molecule has 0 aliphatic carbocycles. The number of rotatable bonds is 2. The van der Waals surface area contributed by atoms with Crippen molar-refractivity contribution in [3.8, 4) is 6.07 Å². The van der Waals surface area contributed by atoms with E-state index in [1.165, 1.54) is 5.56 Å². The zero-order chi connectivity index (χ0) is 16.5. The van der Waals surface area contributed by atoms with Gasteiger partial charge in [0, 0.05) is 43.0 Å². The minimum Gasteiger partial charge on any atom is -0.369 e. The van der Waals surface area contributed by atoms with E-state index in [0.717, 1.165) is 36.1 Å². The van der Waals surface area contributed by atoms with Crippen molar-refractivity contribution in [3.63, 3.8) is 0 Å². The summed E-state index contributed by atoms with van der Waals surface area (Å²) in [5, 5.41) is 11.1. The average Bonchev–Trinajstić information content (AvgIpc) is 3.11. The van der Waals surface area contributed by atoms with Gasteiger partial charge in [0.25, 0.3) is 0 Å². The quantitative estimate of drug-likeness (QED) is 0.706. The Hall–Kier alpha value is -2.64. The molecule has 1 aromatic carbocycles. The molecular formula is C19H15ClN4. The molecule has 0 amide bonds. The van der Waals surface area contributed by atoms with E-state index in [2.05, 4.69) is 33.1 Å². The van der Waals surface area contributed by atoms with Gasteiger partial charge >= 0.3 is 0 Å². The van der Waals surface area contributed by atoms with Crippen LogP contribution in [0.3, 0.4) is 0 Å². The van der Waals surface area contributed by atoms with Crippen molar-refractivity contribution in [2.75, 3.05) is 18.0 Å². The number of pyridine rings is 2. The van der Waals surface area contributed by atoms with E-state index in [1.54, 1.807) is 6.20 Å². The number of benzene rings is 1. The molecule has 0 radical (unpaired) electrons. The molecular weight excluding hydrogens is 320 g/mol. The molecule has 118 valence electrons. The third kappa shape index (κ3) is 2.47. The summed E-state index contributed by atoms with van der Waals surface area (Å²) in [7, 11) is 0. The molecule has 24 heavy (non-hydrogen) atoms. The SMILES string of the molecule is N#Cc1cnc2c(Cl)cccc2c1N1CCC(c2ccncc2)C1. The molecule has 0 bridgehead atoms. The smallest absolute Gasteiger partial charge is 0.103 e. The van der Waals surface area contributed by atoms with Crippen LogP contribution in [0.2, 0.25) is 5.02 Å². The predicted octanol–water partition coefficient (Wildman–Crippen LogP) is 4.15. The zero-order valence-electron chi connectivity index (χ0n) is 13.0. The van der Waals surface area contributed by atoms with Gasteiger partial charge in [0.1, 0.15) is 6.07 Å². The van der Waals surface area contributed by atoms with Crippen LogP contribution in [0.1, 0.15) is 23.5 Å². The van der Waals surface area contributed by atoms with E-state index >= 15 is 0 Å². The fraction of sp³-hybridized carbons (Fsp3) is 0.211. The Balaban J connectivity index is 1.77. The van der Waals surface area contributed by atoms with Crippen molar-refractivity contribution in [2.24, 2.45) is 0 Å². The number of aromatic nitrogens is 2. The maximum absolute atomic E-state index is 9.53. The second kappa shape index (κ2) is 6.10. The van der Waals surface area contributed by atoms with Gasteiger partial charge in [-0.3, -0.25) is 9.97 Å². The Bertz CT molecular complexity index is 933. The second-order valence-corrected chi connectivity index (χ2v) is 6.39. The number of nitrogens with zero attached hydrogens (tertiary/aromatic N) is 4. The third-order valence-corrected chi connectivity index (χ3v) is 4.93. The van der Waals surface area contributed by atoms with Crippen LogP contribution in [0, 0.1) is 11.3 Å². The van der Waals surface area contributed by atoms with Crippen LogP contribution in [0.25, 0.3) is 10.9 Å². The van der Waals surface area contributed by atoms with Crippen LogP contribution in [-0.2, 0) is 0 Å². The van der Waals surface area contributed by atoms with Gasteiger partial charge in [-0.05, 0) is 30.2 Å². The Morgan fingerprint density at radius 2 is 2.04 bits per heavy atom. The summed E-state index contributed by atoms with van der Waals surface area (Å²) in [5.41, 5.74) is 3.59. The molecule has 0 saturated carbocycles. The summed E-state index contributed by atoms with van der Waals surface area (Å²) in [5.74, 6) is 0.446. The first-order chi connectivity index (χ1) is 11.8. The number of halogens is 1. The molecule has 1 atom stereocenters. The molecule has 0 spiro atoms. The molecule has 3 heterocycles. The Kier molecular flexibility index (Phi) is 3.79. The van der Waals surface area contributed by atoms with E-state index in [-0.39, 0.29) is 0 Å². The highest BCUT2D eigenvalue weighted by atomic mass is 35.5. The summed E-state index contributed by atoms with van der Waals surface area (Å²) in [6, 6.07) is 12.2. The highest BCUT2D eigenvalue weighted by Gasteiger charge is 2.27. The van der Waals surface area contributed by atoms with Gasteiger partial charge in [0.2, 0.25) is 0 Å². The van der Waals surface area contributed by atoms with Crippen LogP contribution >= 0.6 is 11.6 Å². The van der Waals surface area contributed by atoms with E-state index in [0.29, 0.717) is 16.5 Å². The molecule has 3 aromatic rings. The second-order valence-electron chi connectivity index (χ2n) is 5.98. The van der Waals surface area contributed by atoms with Crippen molar-refractivity contribution < 1.29 is 0 Å². The van der Waals surface area contributed by atoms with Crippen LogP contribution in [-0.4, -0.2) is 23.1 Å². The minimum atomic E-state index is 0.446. The van der Waals surface area contributed by atoms with Crippen molar-refractivity contribution in [3.05, 3.63) is 65.1 Å². The van der Waals surface area contributed by atoms with Gasteiger partial charge < -0.3 is 4.90 Å². The topological polar surface area (TPSA) is 52.8 Å². The van der Waals surface area contributed by atoms with E-state index in [4.69, 9.17) is 11.6 Å². The zero-order valence-corrected chi connectivity index (χ0v) is 13.7. The van der Waals surface area contributed by atoms with Crippen LogP contribution in [0.4, 0.5) is 5.69 Å². The summed E-state index contributed by atoms with van der Waals surface area (Å²) < 4.78 is 0. The van der Waals surface area contributed by atoms with Crippen LogP contribution < -0.4 is 4.90 Å². The number of para-hydroxylation sites is 1. The summed E-state index contributed by atoms with van der Waals surface area (Å²) in [4.78, 5) is 10.7. The Morgan fingerprint density at radius 3 is 2.83 bits per heavy atom. The van der Waals surface area contributed by atoms with Gasteiger partial charge in [-0.2, -0.15) is 5.26 Å². The van der Waals surface area contributed by atoms with E-state index < -0.39 is 0 Å². The lowest BCUT2D eigenvalue weighted by molar-refractivity contribution is 0.773. The lowest BCUT2D eigenvalue weighted by atomic mass is 10.00. The molecule has 4 nitrogen and oxygen atoms in total. The molecule has 1 unspecified atom stereocenters. The number of fused-ring (bicyclic) bond motifs is 1. The maximum Gasteiger partial charge on any atom is 0.103 e. The number of hydrogen-bond donors (Lipinski definition) is 0. The van der Waals surface area contributed by atoms with Gasteiger partial charge in [-0.15, -0.1) is 0 Å². The molecule has 4 rings (SSSR count). The first-order valence-corrected chi connectivity index (χ1v) is 8.28. The number of anilines is 1. The van der Waals surface area contributed by atoms with Gasteiger partial charge in [-0.25, -0.2) is 0 Å². The Morgan fingerprint density at radius 1 is 1.21 bits per heavy atom. The normalized spacial score (nSPS) is 17.2. The van der Waals surface area contributed by atoms with Crippen LogP contribution in [0.5, 0.6) is 0 Å². The summed E-state index contributed by atoms with van der Waals surface area (Å²) in [6.45, 7) is 1.79. The number of hydrogen-bond acceptors (Lipinski definition) is 4. The molecule has 1 saturated heterocycles. The lowest BCUT2D eigenvalue weighted by Crippen LogP contribution is -2.21. The molecule has 5 heteroatoms. The summed E-state index contributed by atoms with van der Waals surface area (Å²) in [6.07, 6.45) is 6.35. The third-order valence-electron chi connectivity index (χ3n) is 4.62. The highest BCUT2D eigenvalue weighted by molar-refractivity contribution is 6.35. The average molecular weight is 335 g/mol. The molecule has 2 aromatic heterocycles. The van der Waals surface area contributed by atoms with Crippen molar-refractivity contribution in [1.82, 2.24) is 9.97 Å². The molecule has 0 N–H and O–H groups in total. The van der Waals surface area contributed by atoms with Crippen molar-refractivity contribution in [1.29, 1.82) is 5.26 Å². The molecule has 1 aliphatic rings. The molecule has 1 aliphatic heterocycles. The van der Waals surface area contributed by atoms with Crippen molar-refractivity contribution >= 4 is 28.2 Å². The van der Waals surface area contributed by atoms with Gasteiger partial charge in [0.15, 0.2) is 0 Å². The standard InChI is InChI=1S/C19H15ClN4/c20-17-3-1-2-16-18(17)23-11-15(10-21)19(16)24-9-6-14(12-24)13-4-7-22-8-5-13/h1-5,7-8,11,14H,6,9,12H2. The Labute approximate surface area is 145 Å². The fourth-order valence-corrected chi connectivity index (χ4v) is 3.69. The van der Waals surface area contributed by atoms with E-state index in [9.17, 15) is 5.26 Å². The highest BCUT2D eigenvalue weighted by Crippen LogP contribution is 2.37. The number of nitriles is 1. The first-order valence-electron chi connectivity index (χ1n) is 7.90. The monoisotopic (exact) mass is 334 g/mol. The minimum absolute atomic E-state index is 0.446. The summed E-state index contributed by atoms with van der Waals surface area (Å²) >= 11 is 6.28. The molecule has 1 fully saturated rings. The fourth-order valence-electron chi connectivity index (χ4n) is 3.47. The van der Waals surface area contributed by atoms with Gasteiger partial charge in [-0.1, -0.05) is 23.7 Å². The van der Waals surface area contributed by atoms with Gasteiger partial charge in [0.05, 0.1) is 21.8 Å². The first kappa shape index (κ1) is 14.9. The maximum atomic E-state index is 9.53.